The zero-order chi connectivity index (χ0) is 19.4. The molecule has 0 radical (unpaired) electrons. The number of aromatic nitrogens is 1. The van der Waals surface area contributed by atoms with Crippen LogP contribution in [0.15, 0.2) is 59.4 Å². The average Bonchev–Trinajstić information content (AvgIpc) is 2.66. The van der Waals surface area contributed by atoms with Crippen molar-refractivity contribution < 1.29 is 9.59 Å². The number of amides is 2. The Bertz CT molecular complexity index is 1050. The van der Waals surface area contributed by atoms with Gasteiger partial charge in [0, 0.05) is 11.9 Å². The number of H-pyrrole nitrogens is 1. The topological polar surface area (TPSA) is 91.1 Å². The van der Waals surface area contributed by atoms with Crippen molar-refractivity contribution in [3.05, 3.63) is 76.2 Å². The number of rotatable bonds is 5. The standard InChI is InChI=1S/C21H21N3O3/c1-13(2)12-22-19(25)16-9-5-6-10-17(16)23-21(27)18-11-14-7-3-4-8-15(14)20(26)24-18/h3-11,13H,12H2,1-2H3,(H,22,25)(H,23,27)(H,24,26). The molecule has 0 saturated carbocycles. The minimum atomic E-state index is -0.484. The van der Waals surface area contributed by atoms with Crippen molar-refractivity contribution in [2.24, 2.45) is 5.92 Å². The third kappa shape index (κ3) is 4.23. The first kappa shape index (κ1) is 18.4. The summed E-state index contributed by atoms with van der Waals surface area (Å²) in [5.74, 6) is -0.424. The smallest absolute Gasteiger partial charge is 0.272 e. The van der Waals surface area contributed by atoms with Crippen LogP contribution in [0.25, 0.3) is 10.8 Å². The molecule has 3 rings (SSSR count). The van der Waals surface area contributed by atoms with Crippen molar-refractivity contribution in [3.63, 3.8) is 0 Å². The zero-order valence-corrected chi connectivity index (χ0v) is 15.2. The predicted octanol–water partition coefficient (Wildman–Crippen LogP) is 3.17. The van der Waals surface area contributed by atoms with E-state index in [1.807, 2.05) is 13.8 Å². The second kappa shape index (κ2) is 7.86. The van der Waals surface area contributed by atoms with Gasteiger partial charge in [-0.3, -0.25) is 14.4 Å². The van der Waals surface area contributed by atoms with Crippen molar-refractivity contribution in [1.82, 2.24) is 10.3 Å². The Hall–Kier alpha value is -3.41. The fraction of sp³-hybridized carbons (Fsp3) is 0.190. The molecular formula is C21H21N3O3. The van der Waals surface area contributed by atoms with Crippen LogP contribution in [0, 0.1) is 5.92 Å². The fourth-order valence-corrected chi connectivity index (χ4v) is 2.71. The SMILES string of the molecule is CC(C)CNC(=O)c1ccccc1NC(=O)c1cc2ccccc2c(=O)[nH]1. The lowest BCUT2D eigenvalue weighted by Gasteiger charge is -2.12. The van der Waals surface area contributed by atoms with E-state index < -0.39 is 5.91 Å². The summed E-state index contributed by atoms with van der Waals surface area (Å²) >= 11 is 0. The third-order valence-electron chi connectivity index (χ3n) is 4.09. The Morgan fingerprint density at radius 3 is 2.48 bits per heavy atom. The lowest BCUT2D eigenvalue weighted by molar-refractivity contribution is 0.0950. The molecule has 6 nitrogen and oxygen atoms in total. The number of carbonyl (C=O) groups is 2. The van der Waals surface area contributed by atoms with Crippen molar-refractivity contribution >= 4 is 28.3 Å². The van der Waals surface area contributed by atoms with Gasteiger partial charge in [0.25, 0.3) is 17.4 Å². The molecular weight excluding hydrogens is 342 g/mol. The minimum absolute atomic E-state index is 0.135. The van der Waals surface area contributed by atoms with Gasteiger partial charge in [-0.05, 0) is 35.6 Å². The lowest BCUT2D eigenvalue weighted by Crippen LogP contribution is -2.28. The number of benzene rings is 2. The summed E-state index contributed by atoms with van der Waals surface area (Å²) in [4.78, 5) is 39.8. The Kier molecular flexibility index (Phi) is 5.35. The Labute approximate surface area is 156 Å². The van der Waals surface area contributed by atoms with Gasteiger partial charge in [0.1, 0.15) is 5.69 Å². The molecule has 0 atom stereocenters. The van der Waals surface area contributed by atoms with Crippen LogP contribution in [-0.2, 0) is 0 Å². The van der Waals surface area contributed by atoms with Crippen LogP contribution >= 0.6 is 0 Å². The highest BCUT2D eigenvalue weighted by molar-refractivity contribution is 6.09. The van der Waals surface area contributed by atoms with Gasteiger partial charge in [-0.25, -0.2) is 0 Å². The molecule has 1 aromatic heterocycles. The van der Waals surface area contributed by atoms with Gasteiger partial charge >= 0.3 is 0 Å². The Morgan fingerprint density at radius 2 is 1.70 bits per heavy atom. The number of carbonyl (C=O) groups excluding carboxylic acids is 2. The molecule has 138 valence electrons. The van der Waals surface area contributed by atoms with Crippen LogP contribution in [0.1, 0.15) is 34.7 Å². The number of aromatic amines is 1. The van der Waals surface area contributed by atoms with Crippen LogP contribution < -0.4 is 16.2 Å². The van der Waals surface area contributed by atoms with Crippen molar-refractivity contribution in [1.29, 1.82) is 0 Å². The molecule has 0 unspecified atom stereocenters. The molecule has 0 aliphatic heterocycles. The first-order valence-electron chi connectivity index (χ1n) is 8.76. The number of hydrogen-bond donors (Lipinski definition) is 3. The molecule has 0 fully saturated rings. The number of para-hydroxylation sites is 1. The van der Waals surface area contributed by atoms with Crippen molar-refractivity contribution in [2.45, 2.75) is 13.8 Å². The van der Waals surface area contributed by atoms with Crippen LogP contribution in [0.5, 0.6) is 0 Å². The summed E-state index contributed by atoms with van der Waals surface area (Å²) in [5.41, 5.74) is 0.560. The molecule has 0 saturated heterocycles. The van der Waals surface area contributed by atoms with E-state index in [4.69, 9.17) is 0 Å². The second-order valence-electron chi connectivity index (χ2n) is 6.70. The van der Waals surface area contributed by atoms with E-state index in [2.05, 4.69) is 15.6 Å². The van der Waals surface area contributed by atoms with Gasteiger partial charge in [0.15, 0.2) is 0 Å². The van der Waals surface area contributed by atoms with Gasteiger partial charge in [0.2, 0.25) is 0 Å². The molecule has 0 spiro atoms. The summed E-state index contributed by atoms with van der Waals surface area (Å²) in [6.45, 7) is 4.55. The van der Waals surface area contributed by atoms with Crippen LogP contribution in [0.2, 0.25) is 0 Å². The molecule has 6 heteroatoms. The number of nitrogens with one attached hydrogen (secondary N) is 3. The summed E-state index contributed by atoms with van der Waals surface area (Å²) < 4.78 is 0. The molecule has 2 aromatic carbocycles. The molecule has 0 bridgehead atoms. The van der Waals surface area contributed by atoms with E-state index in [-0.39, 0.29) is 17.2 Å². The molecule has 27 heavy (non-hydrogen) atoms. The van der Waals surface area contributed by atoms with Crippen LogP contribution in [0.3, 0.4) is 0 Å². The highest BCUT2D eigenvalue weighted by Gasteiger charge is 2.15. The molecule has 0 aliphatic carbocycles. The highest BCUT2D eigenvalue weighted by Crippen LogP contribution is 2.17. The first-order valence-corrected chi connectivity index (χ1v) is 8.76. The minimum Gasteiger partial charge on any atom is -0.352 e. The number of pyridine rings is 1. The third-order valence-corrected chi connectivity index (χ3v) is 4.09. The Balaban J connectivity index is 1.87. The largest absolute Gasteiger partial charge is 0.352 e. The van der Waals surface area contributed by atoms with E-state index in [9.17, 15) is 14.4 Å². The van der Waals surface area contributed by atoms with Crippen LogP contribution in [0.4, 0.5) is 5.69 Å². The summed E-state index contributed by atoms with van der Waals surface area (Å²) in [6, 6.07) is 15.4. The molecule has 1 heterocycles. The average molecular weight is 363 g/mol. The van der Waals surface area contributed by atoms with E-state index in [1.165, 1.54) is 0 Å². The maximum Gasteiger partial charge on any atom is 0.272 e. The van der Waals surface area contributed by atoms with Crippen LogP contribution in [-0.4, -0.2) is 23.3 Å². The fourth-order valence-electron chi connectivity index (χ4n) is 2.71. The number of anilines is 1. The highest BCUT2D eigenvalue weighted by atomic mass is 16.2. The van der Waals surface area contributed by atoms with Gasteiger partial charge < -0.3 is 15.6 Å². The number of fused-ring (bicyclic) bond motifs is 1. The summed E-state index contributed by atoms with van der Waals surface area (Å²) in [7, 11) is 0. The van der Waals surface area contributed by atoms with Gasteiger partial charge in [-0.15, -0.1) is 0 Å². The predicted molar refractivity (Wildman–Crippen MR) is 106 cm³/mol. The van der Waals surface area contributed by atoms with Crippen molar-refractivity contribution in [2.75, 3.05) is 11.9 Å². The maximum absolute atomic E-state index is 12.6. The summed E-state index contributed by atoms with van der Waals surface area (Å²) in [6.07, 6.45) is 0. The molecule has 3 aromatic rings. The Morgan fingerprint density at radius 1 is 1.00 bits per heavy atom. The lowest BCUT2D eigenvalue weighted by atomic mass is 10.1. The molecule has 3 N–H and O–H groups in total. The molecule has 2 amide bonds. The maximum atomic E-state index is 12.6. The summed E-state index contributed by atoms with van der Waals surface area (Å²) in [5, 5.41) is 6.75. The van der Waals surface area contributed by atoms with Crippen molar-refractivity contribution in [3.8, 4) is 0 Å². The normalized spacial score (nSPS) is 10.8. The van der Waals surface area contributed by atoms with Gasteiger partial charge in [-0.2, -0.15) is 0 Å². The number of hydrogen-bond acceptors (Lipinski definition) is 3. The van der Waals surface area contributed by atoms with Gasteiger partial charge in [0.05, 0.1) is 11.3 Å². The quantitative estimate of drug-likeness (QED) is 0.650. The first-order chi connectivity index (χ1) is 13.0. The van der Waals surface area contributed by atoms with E-state index >= 15 is 0 Å². The second-order valence-corrected chi connectivity index (χ2v) is 6.70. The monoisotopic (exact) mass is 363 g/mol. The zero-order valence-electron chi connectivity index (χ0n) is 15.2. The van der Waals surface area contributed by atoms with E-state index in [0.29, 0.717) is 34.5 Å². The molecule has 0 aliphatic rings. The van der Waals surface area contributed by atoms with E-state index in [1.54, 1.807) is 54.6 Å². The van der Waals surface area contributed by atoms with Gasteiger partial charge in [-0.1, -0.05) is 44.2 Å². The van der Waals surface area contributed by atoms with E-state index in [0.717, 1.165) is 0 Å².